The molecule has 1 N–H and O–H groups in total. The molecule has 0 aromatic heterocycles. The lowest BCUT2D eigenvalue weighted by atomic mass is 9.73. The van der Waals surface area contributed by atoms with Gasteiger partial charge in [0.05, 0.1) is 30.1 Å². The van der Waals surface area contributed by atoms with Crippen LogP contribution in [0, 0.1) is 11.8 Å². The van der Waals surface area contributed by atoms with Crippen LogP contribution in [0.4, 0.5) is 0 Å². The quantitative estimate of drug-likeness (QED) is 0.327. The van der Waals surface area contributed by atoms with Crippen molar-refractivity contribution in [3.05, 3.63) is 96.1 Å². The number of hydrogen-bond donors (Lipinski definition) is 1. The van der Waals surface area contributed by atoms with E-state index in [1.165, 1.54) is 0 Å². The van der Waals surface area contributed by atoms with E-state index in [9.17, 15) is 19.5 Å². The molecular weight excluding hydrogens is 554 g/mol. The van der Waals surface area contributed by atoms with Gasteiger partial charge in [-0.3, -0.25) is 14.4 Å². The molecule has 44 heavy (non-hydrogen) atoms. The highest BCUT2D eigenvalue weighted by atomic mass is 16.5. The minimum Gasteiger partial charge on any atom is -0.394 e. The van der Waals surface area contributed by atoms with Crippen LogP contribution in [0.2, 0.25) is 0 Å². The van der Waals surface area contributed by atoms with Gasteiger partial charge in [0.1, 0.15) is 11.6 Å². The fourth-order valence-electron chi connectivity index (χ4n) is 7.86. The normalized spacial score (nSPS) is 30.2. The Morgan fingerprint density at radius 1 is 0.841 bits per heavy atom. The first kappa shape index (κ1) is 30.3. The smallest absolute Gasteiger partial charge is 0.249 e. The van der Waals surface area contributed by atoms with Gasteiger partial charge in [-0.2, -0.15) is 0 Å². The molecule has 2 fully saturated rings. The number of aliphatic hydroxyl groups is 1. The number of rotatable bonds is 10. The van der Waals surface area contributed by atoms with Crippen LogP contribution in [0.5, 0.6) is 0 Å². The Balaban J connectivity index is 1.47. The molecule has 2 aromatic rings. The molecule has 6 rings (SSSR count). The minimum atomic E-state index is -1.35. The second kappa shape index (κ2) is 12.3. The second-order valence-electron chi connectivity index (χ2n) is 12.5. The molecule has 2 aromatic carbocycles. The molecular formula is C36H43N3O5. The van der Waals surface area contributed by atoms with Crippen molar-refractivity contribution >= 4 is 17.7 Å². The molecule has 8 heteroatoms. The number of nitrogens with zero attached hydrogens (tertiary/aromatic N) is 3. The molecule has 4 aliphatic heterocycles. The van der Waals surface area contributed by atoms with E-state index in [4.69, 9.17) is 4.74 Å². The SMILES string of the molecule is CCCCCN1CC=C[C@]23O[C@@]4(CC)C=CCN(Cc5ccccc5)C(=O)[C@H]4[C@H]2C(=O)N([C@H](CO)c2ccccc2)C3C1=O. The standard InChI is InChI=1S/C36H43N3O5/c1-3-5-12-21-37-22-14-20-36-30(33(42)39(31(36)34(37)43)28(25-40)27-17-10-7-11-18-27)29-32(41)38(24-26-15-8-6-9-16-26)23-13-19-35(29,4-2)44-36/h6-11,13-20,28-31,40H,3-5,12,21-25H2,1-2H3/t28-,29-,30+,31?,35+,36+/m1/s1. The lowest BCUT2D eigenvalue weighted by molar-refractivity contribution is -0.157. The van der Waals surface area contributed by atoms with Gasteiger partial charge in [0.15, 0.2) is 0 Å². The molecule has 8 nitrogen and oxygen atoms in total. The van der Waals surface area contributed by atoms with Gasteiger partial charge in [-0.1, -0.05) is 112 Å². The van der Waals surface area contributed by atoms with E-state index < -0.39 is 35.1 Å². The van der Waals surface area contributed by atoms with E-state index in [1.54, 1.807) is 9.80 Å². The summed E-state index contributed by atoms with van der Waals surface area (Å²) < 4.78 is 7.11. The molecule has 232 valence electrons. The number of unbranched alkanes of at least 4 members (excludes halogenated alkanes) is 2. The fraction of sp³-hybridized carbons (Fsp3) is 0.472. The van der Waals surface area contributed by atoms with Crippen LogP contribution in [0.3, 0.4) is 0 Å². The Bertz CT molecular complexity index is 1430. The van der Waals surface area contributed by atoms with Crippen molar-refractivity contribution < 1.29 is 24.2 Å². The number of aliphatic hydroxyl groups excluding tert-OH is 1. The molecule has 0 saturated carbocycles. The van der Waals surface area contributed by atoms with Crippen LogP contribution in [-0.4, -0.2) is 81.0 Å². The molecule has 4 aliphatic rings. The Kier molecular flexibility index (Phi) is 8.49. The highest BCUT2D eigenvalue weighted by Gasteiger charge is 2.76. The van der Waals surface area contributed by atoms with Gasteiger partial charge < -0.3 is 24.5 Å². The third kappa shape index (κ3) is 4.88. The van der Waals surface area contributed by atoms with Crippen molar-refractivity contribution in [1.29, 1.82) is 0 Å². The Hall–Kier alpha value is -3.75. The summed E-state index contributed by atoms with van der Waals surface area (Å²) in [5.41, 5.74) is -0.666. The molecule has 2 saturated heterocycles. The van der Waals surface area contributed by atoms with Crippen LogP contribution in [0.1, 0.15) is 56.7 Å². The summed E-state index contributed by atoms with van der Waals surface area (Å²) in [4.78, 5) is 49.3. The number of hydrogen-bond acceptors (Lipinski definition) is 5. The first-order valence-electron chi connectivity index (χ1n) is 16.1. The van der Waals surface area contributed by atoms with Gasteiger partial charge in [-0.05, 0) is 24.0 Å². The summed E-state index contributed by atoms with van der Waals surface area (Å²) in [6.07, 6.45) is 11.1. The average molecular weight is 598 g/mol. The third-order valence-electron chi connectivity index (χ3n) is 9.99. The Morgan fingerprint density at radius 3 is 2.20 bits per heavy atom. The predicted octanol–water partition coefficient (Wildman–Crippen LogP) is 4.27. The number of carbonyl (C=O) groups is 3. The maximum atomic E-state index is 14.9. The van der Waals surface area contributed by atoms with Crippen molar-refractivity contribution in [2.45, 2.75) is 69.4 Å². The fourth-order valence-corrected chi connectivity index (χ4v) is 7.86. The number of benzene rings is 2. The minimum absolute atomic E-state index is 0.151. The highest BCUT2D eigenvalue weighted by molar-refractivity contribution is 6.00. The van der Waals surface area contributed by atoms with Gasteiger partial charge in [-0.25, -0.2) is 0 Å². The topological polar surface area (TPSA) is 90.4 Å². The lowest BCUT2D eigenvalue weighted by Crippen LogP contribution is -2.57. The zero-order valence-corrected chi connectivity index (χ0v) is 25.7. The van der Waals surface area contributed by atoms with Gasteiger partial charge in [0.2, 0.25) is 17.7 Å². The summed E-state index contributed by atoms with van der Waals surface area (Å²) in [7, 11) is 0. The molecule has 6 atom stereocenters. The predicted molar refractivity (Wildman–Crippen MR) is 167 cm³/mol. The molecule has 1 unspecified atom stereocenters. The molecule has 4 heterocycles. The van der Waals surface area contributed by atoms with Gasteiger partial charge >= 0.3 is 0 Å². The molecule has 0 bridgehead atoms. The van der Waals surface area contributed by atoms with Crippen LogP contribution in [0.15, 0.2) is 85.0 Å². The highest BCUT2D eigenvalue weighted by Crippen LogP contribution is 2.59. The third-order valence-corrected chi connectivity index (χ3v) is 9.99. The monoisotopic (exact) mass is 597 g/mol. The Labute approximate surface area is 260 Å². The van der Waals surface area contributed by atoms with Crippen molar-refractivity contribution in [3.63, 3.8) is 0 Å². The molecule has 1 spiro atoms. The van der Waals surface area contributed by atoms with Gasteiger partial charge in [0, 0.05) is 26.2 Å². The van der Waals surface area contributed by atoms with E-state index in [-0.39, 0.29) is 24.3 Å². The molecule has 0 radical (unpaired) electrons. The van der Waals surface area contributed by atoms with E-state index in [0.29, 0.717) is 32.6 Å². The van der Waals surface area contributed by atoms with Crippen molar-refractivity contribution in [1.82, 2.24) is 14.7 Å². The van der Waals surface area contributed by atoms with Gasteiger partial charge in [0.25, 0.3) is 0 Å². The molecule has 3 amide bonds. The summed E-state index contributed by atoms with van der Waals surface area (Å²) >= 11 is 0. The van der Waals surface area contributed by atoms with Crippen molar-refractivity contribution in [2.75, 3.05) is 26.2 Å². The van der Waals surface area contributed by atoms with Crippen molar-refractivity contribution in [3.8, 4) is 0 Å². The summed E-state index contributed by atoms with van der Waals surface area (Å²) in [5.74, 6) is -2.42. The number of carbonyl (C=O) groups excluding carboxylic acids is 3. The van der Waals surface area contributed by atoms with E-state index in [1.807, 2.05) is 96.8 Å². The van der Waals surface area contributed by atoms with Crippen molar-refractivity contribution in [2.24, 2.45) is 11.8 Å². The first-order valence-corrected chi connectivity index (χ1v) is 16.1. The number of fused-ring (bicyclic) bond motifs is 2. The van der Waals surface area contributed by atoms with Crippen LogP contribution in [0.25, 0.3) is 0 Å². The molecule has 0 aliphatic carbocycles. The largest absolute Gasteiger partial charge is 0.394 e. The lowest BCUT2D eigenvalue weighted by Gasteiger charge is -2.41. The number of amides is 3. The zero-order valence-electron chi connectivity index (χ0n) is 25.7. The van der Waals surface area contributed by atoms with E-state index in [2.05, 4.69) is 6.92 Å². The summed E-state index contributed by atoms with van der Waals surface area (Å²) in [5, 5.41) is 10.8. The van der Waals surface area contributed by atoms with E-state index >= 15 is 0 Å². The zero-order chi connectivity index (χ0) is 30.9. The maximum Gasteiger partial charge on any atom is 0.249 e. The second-order valence-corrected chi connectivity index (χ2v) is 12.5. The maximum absolute atomic E-state index is 14.9. The van der Waals surface area contributed by atoms with Crippen LogP contribution in [-0.2, 0) is 25.7 Å². The van der Waals surface area contributed by atoms with Crippen LogP contribution < -0.4 is 0 Å². The Morgan fingerprint density at radius 2 is 1.52 bits per heavy atom. The van der Waals surface area contributed by atoms with E-state index in [0.717, 1.165) is 30.4 Å². The average Bonchev–Trinajstić information content (AvgIpc) is 3.35. The summed E-state index contributed by atoms with van der Waals surface area (Å²) in [6, 6.07) is 17.4. The first-order chi connectivity index (χ1) is 21.4. The van der Waals surface area contributed by atoms with Crippen LogP contribution >= 0.6 is 0 Å². The summed E-state index contributed by atoms with van der Waals surface area (Å²) in [6.45, 7) is 5.52. The number of ether oxygens (including phenoxy) is 1. The van der Waals surface area contributed by atoms with Gasteiger partial charge in [-0.15, -0.1) is 0 Å². The number of likely N-dealkylation sites (tertiary alicyclic amines) is 1.